The Labute approximate surface area is 137 Å². The van der Waals surface area contributed by atoms with Crippen LogP contribution in [-0.4, -0.2) is 54.2 Å². The standard InChI is InChI=1S/C17H25N3OS/c21-17(16-12-22-13-18-16)19-15-7-10-20(11-8-15)9-6-14-4-2-1-3-5-14/h1-5,15-16,18H,6-13H2,(H,19,21). The van der Waals surface area contributed by atoms with Gasteiger partial charge in [-0.25, -0.2) is 0 Å². The molecule has 0 saturated carbocycles. The smallest absolute Gasteiger partial charge is 0.238 e. The van der Waals surface area contributed by atoms with Crippen LogP contribution in [0.5, 0.6) is 0 Å². The minimum Gasteiger partial charge on any atom is -0.352 e. The number of rotatable bonds is 5. The second-order valence-corrected chi connectivity index (χ2v) is 7.16. The number of carbonyl (C=O) groups excluding carboxylic acids is 1. The molecule has 0 aliphatic carbocycles. The molecule has 1 aromatic rings. The summed E-state index contributed by atoms with van der Waals surface area (Å²) in [7, 11) is 0. The molecule has 1 atom stereocenters. The third kappa shape index (κ3) is 4.48. The van der Waals surface area contributed by atoms with Crippen molar-refractivity contribution in [2.75, 3.05) is 31.3 Å². The van der Waals surface area contributed by atoms with Gasteiger partial charge in [-0.15, -0.1) is 11.8 Å². The molecule has 22 heavy (non-hydrogen) atoms. The van der Waals surface area contributed by atoms with Crippen LogP contribution in [-0.2, 0) is 11.2 Å². The number of thioether (sulfide) groups is 1. The zero-order chi connectivity index (χ0) is 15.2. The minimum absolute atomic E-state index is 0.0149. The predicted octanol–water partition coefficient (Wildman–Crippen LogP) is 1.47. The number of hydrogen-bond donors (Lipinski definition) is 2. The molecule has 2 N–H and O–H groups in total. The fourth-order valence-electron chi connectivity index (χ4n) is 3.10. The van der Waals surface area contributed by atoms with Crippen molar-refractivity contribution in [3.63, 3.8) is 0 Å². The third-order valence-corrected chi connectivity index (χ3v) is 5.47. The number of hydrogen-bond acceptors (Lipinski definition) is 4. The van der Waals surface area contributed by atoms with Gasteiger partial charge in [0, 0.05) is 37.3 Å². The highest BCUT2D eigenvalue weighted by molar-refractivity contribution is 7.99. The summed E-state index contributed by atoms with van der Waals surface area (Å²) in [6, 6.07) is 11.0. The summed E-state index contributed by atoms with van der Waals surface area (Å²) in [5, 5.41) is 6.45. The molecular formula is C17H25N3OS. The van der Waals surface area contributed by atoms with Crippen molar-refractivity contribution >= 4 is 17.7 Å². The topological polar surface area (TPSA) is 44.4 Å². The van der Waals surface area contributed by atoms with Crippen LogP contribution < -0.4 is 10.6 Å². The van der Waals surface area contributed by atoms with E-state index in [2.05, 4.69) is 45.9 Å². The SMILES string of the molecule is O=C(NC1CCN(CCc2ccccc2)CC1)C1CSCN1. The van der Waals surface area contributed by atoms with Gasteiger partial charge in [-0.2, -0.15) is 0 Å². The molecule has 120 valence electrons. The van der Waals surface area contributed by atoms with Crippen molar-refractivity contribution < 1.29 is 4.79 Å². The van der Waals surface area contributed by atoms with Crippen LogP contribution in [0.2, 0.25) is 0 Å². The molecule has 2 saturated heterocycles. The predicted molar refractivity (Wildman–Crippen MR) is 92.0 cm³/mol. The maximum atomic E-state index is 12.1. The molecule has 0 spiro atoms. The lowest BCUT2D eigenvalue weighted by molar-refractivity contribution is -0.123. The molecule has 3 rings (SSSR count). The monoisotopic (exact) mass is 319 g/mol. The van der Waals surface area contributed by atoms with Gasteiger partial charge in [0.05, 0.1) is 6.04 Å². The Balaban J connectivity index is 1.36. The Kier molecular flexibility index (Phi) is 5.76. The number of amides is 1. The third-order valence-electron chi connectivity index (χ3n) is 4.53. The largest absolute Gasteiger partial charge is 0.352 e. The minimum atomic E-state index is 0.0149. The van der Waals surface area contributed by atoms with E-state index in [9.17, 15) is 4.79 Å². The highest BCUT2D eigenvalue weighted by atomic mass is 32.2. The molecule has 1 amide bonds. The Morgan fingerprint density at radius 2 is 2.05 bits per heavy atom. The van der Waals surface area contributed by atoms with E-state index in [1.807, 2.05) is 0 Å². The van der Waals surface area contributed by atoms with Crippen molar-refractivity contribution in [2.45, 2.75) is 31.3 Å². The number of nitrogens with one attached hydrogen (secondary N) is 2. The van der Waals surface area contributed by atoms with Gasteiger partial charge >= 0.3 is 0 Å². The molecule has 2 aliphatic heterocycles. The Bertz CT molecular complexity index is 468. The highest BCUT2D eigenvalue weighted by Crippen LogP contribution is 2.14. The maximum absolute atomic E-state index is 12.1. The number of carbonyl (C=O) groups is 1. The van der Waals surface area contributed by atoms with Crippen molar-refractivity contribution in [2.24, 2.45) is 0 Å². The van der Waals surface area contributed by atoms with Crippen LogP contribution in [0.1, 0.15) is 18.4 Å². The first kappa shape index (κ1) is 15.8. The zero-order valence-corrected chi connectivity index (χ0v) is 13.8. The van der Waals surface area contributed by atoms with Gasteiger partial charge < -0.3 is 10.2 Å². The van der Waals surface area contributed by atoms with Crippen molar-refractivity contribution in [3.8, 4) is 0 Å². The van der Waals surface area contributed by atoms with Gasteiger partial charge in [0.2, 0.25) is 5.91 Å². The van der Waals surface area contributed by atoms with Gasteiger partial charge in [0.1, 0.15) is 0 Å². The molecule has 2 heterocycles. The first-order chi connectivity index (χ1) is 10.8. The first-order valence-corrected chi connectivity index (χ1v) is 9.34. The molecule has 4 nitrogen and oxygen atoms in total. The quantitative estimate of drug-likeness (QED) is 0.863. The summed E-state index contributed by atoms with van der Waals surface area (Å²) >= 11 is 1.80. The molecule has 1 aromatic carbocycles. The van der Waals surface area contributed by atoms with Gasteiger partial charge in [-0.1, -0.05) is 30.3 Å². The van der Waals surface area contributed by atoms with Crippen molar-refractivity contribution in [3.05, 3.63) is 35.9 Å². The summed E-state index contributed by atoms with van der Waals surface area (Å²) in [5.41, 5.74) is 1.41. The van der Waals surface area contributed by atoms with E-state index in [0.29, 0.717) is 6.04 Å². The molecule has 0 aromatic heterocycles. The Morgan fingerprint density at radius 1 is 1.27 bits per heavy atom. The molecule has 1 unspecified atom stereocenters. The summed E-state index contributed by atoms with van der Waals surface area (Å²) in [5.74, 6) is 1.99. The van der Waals surface area contributed by atoms with Gasteiger partial charge in [-0.05, 0) is 24.8 Å². The molecule has 2 aliphatic rings. The van der Waals surface area contributed by atoms with Crippen molar-refractivity contribution in [1.82, 2.24) is 15.5 Å². The number of likely N-dealkylation sites (tertiary alicyclic amines) is 1. The number of piperidine rings is 1. The molecular weight excluding hydrogens is 294 g/mol. The van der Waals surface area contributed by atoms with Crippen LogP contribution in [0.25, 0.3) is 0 Å². The van der Waals surface area contributed by atoms with Crippen LogP contribution in [0.3, 0.4) is 0 Å². The Morgan fingerprint density at radius 3 is 2.73 bits per heavy atom. The summed E-state index contributed by atoms with van der Waals surface area (Å²) in [4.78, 5) is 14.6. The first-order valence-electron chi connectivity index (χ1n) is 8.19. The van der Waals surface area contributed by atoms with E-state index in [1.54, 1.807) is 11.8 Å². The lowest BCUT2D eigenvalue weighted by atomic mass is 10.0. The maximum Gasteiger partial charge on any atom is 0.238 e. The lowest BCUT2D eigenvalue weighted by Gasteiger charge is -2.32. The molecule has 0 bridgehead atoms. The van der Waals surface area contributed by atoms with E-state index < -0.39 is 0 Å². The molecule has 0 radical (unpaired) electrons. The van der Waals surface area contributed by atoms with E-state index in [-0.39, 0.29) is 11.9 Å². The van der Waals surface area contributed by atoms with Crippen LogP contribution in [0.15, 0.2) is 30.3 Å². The van der Waals surface area contributed by atoms with Gasteiger partial charge in [0.15, 0.2) is 0 Å². The summed E-state index contributed by atoms with van der Waals surface area (Å²) in [6.45, 7) is 3.29. The lowest BCUT2D eigenvalue weighted by Crippen LogP contribution is -2.50. The second-order valence-electron chi connectivity index (χ2n) is 6.13. The summed E-state index contributed by atoms with van der Waals surface area (Å²) < 4.78 is 0. The fourth-order valence-corrected chi connectivity index (χ4v) is 4.04. The van der Waals surface area contributed by atoms with Crippen molar-refractivity contribution in [1.29, 1.82) is 0 Å². The normalized spacial score (nSPS) is 23.5. The van der Waals surface area contributed by atoms with E-state index in [1.165, 1.54) is 5.56 Å². The number of benzene rings is 1. The highest BCUT2D eigenvalue weighted by Gasteiger charge is 2.26. The van der Waals surface area contributed by atoms with E-state index in [4.69, 9.17) is 0 Å². The zero-order valence-electron chi connectivity index (χ0n) is 13.0. The second kappa shape index (κ2) is 7.99. The Hall–Kier alpha value is -1.04. The van der Waals surface area contributed by atoms with Crippen LogP contribution in [0.4, 0.5) is 0 Å². The fraction of sp³-hybridized carbons (Fsp3) is 0.588. The van der Waals surface area contributed by atoms with E-state index in [0.717, 1.165) is 50.5 Å². The number of nitrogens with zero attached hydrogens (tertiary/aromatic N) is 1. The van der Waals surface area contributed by atoms with Gasteiger partial charge in [-0.3, -0.25) is 10.1 Å². The van der Waals surface area contributed by atoms with Crippen LogP contribution >= 0.6 is 11.8 Å². The average Bonchev–Trinajstić information content (AvgIpc) is 3.10. The molecule has 2 fully saturated rings. The molecule has 5 heteroatoms. The summed E-state index contributed by atoms with van der Waals surface area (Å²) in [6.07, 6.45) is 3.25. The average molecular weight is 319 g/mol. The van der Waals surface area contributed by atoms with E-state index >= 15 is 0 Å². The van der Waals surface area contributed by atoms with Crippen LogP contribution in [0, 0.1) is 0 Å². The van der Waals surface area contributed by atoms with Gasteiger partial charge in [0.25, 0.3) is 0 Å².